The van der Waals surface area contributed by atoms with Crippen LogP contribution in [0.5, 0.6) is 0 Å². The first-order chi connectivity index (χ1) is 36.1. The van der Waals surface area contributed by atoms with Crippen molar-refractivity contribution < 1.29 is 22.1 Å². The van der Waals surface area contributed by atoms with Gasteiger partial charge in [-0.25, -0.2) is 0 Å². The van der Waals surface area contributed by atoms with Crippen LogP contribution in [0.25, 0.3) is 180 Å². The lowest BCUT2D eigenvalue weighted by Crippen LogP contribution is -1.93. The maximum absolute atomic E-state index is 6.80. The van der Waals surface area contributed by atoms with Gasteiger partial charge in [0.1, 0.15) is 55.8 Å². The Morgan fingerprint density at radius 1 is 0.260 bits per heavy atom. The topological polar surface area (TPSA) is 70.6 Å². The van der Waals surface area contributed by atoms with E-state index < -0.39 is 0 Å². The van der Waals surface area contributed by atoms with Crippen LogP contribution in [0.3, 0.4) is 0 Å². The fourth-order valence-electron chi connectivity index (χ4n) is 12.3. The van der Waals surface area contributed by atoms with Crippen LogP contribution >= 0.6 is 11.3 Å². The zero-order chi connectivity index (χ0) is 47.2. The highest BCUT2D eigenvalue weighted by atomic mass is 32.1. The highest BCUT2D eigenvalue weighted by molar-refractivity contribution is 7.25. The molecule has 0 aliphatic heterocycles. The summed E-state index contributed by atoms with van der Waals surface area (Å²) in [4.78, 5) is 0. The number of hydrogen-bond donors (Lipinski definition) is 0. The molecular formula is C66H33NO5S. The molecule has 0 atom stereocenters. The Morgan fingerprint density at radius 2 is 0.699 bits per heavy atom. The lowest BCUT2D eigenvalue weighted by Gasteiger charge is -2.08. The van der Waals surface area contributed by atoms with Crippen LogP contribution in [0.15, 0.2) is 222 Å². The smallest absolute Gasteiger partial charge is 0.147 e. The molecule has 7 heterocycles. The second-order valence-electron chi connectivity index (χ2n) is 19.4. The molecule has 0 fully saturated rings. The molecule has 7 heteroatoms. The fourth-order valence-corrected chi connectivity index (χ4v) is 13.3. The molecular weight excluding hydrogens is 919 g/mol. The van der Waals surface area contributed by atoms with E-state index in [1.54, 1.807) is 0 Å². The number of furan rings is 5. The van der Waals surface area contributed by atoms with Gasteiger partial charge in [0.15, 0.2) is 0 Å². The summed E-state index contributed by atoms with van der Waals surface area (Å²) in [5.74, 6) is 0. The number of benzene rings is 11. The number of thiophene rings is 1. The number of nitrogens with zero attached hydrogens (tertiary/aromatic N) is 1. The fraction of sp³-hybridized carbons (Fsp3) is 0. The van der Waals surface area contributed by atoms with E-state index in [2.05, 4.69) is 187 Å². The molecule has 0 radical (unpaired) electrons. The molecule has 0 saturated carbocycles. The normalized spacial score (nSPS) is 12.7. The standard InChI is InChI=1S/C66H33NO5S/c1-4-10-50-44(9-1)61-51(21-18-41-39-7-2-5-11-52(39)70-64(41)61)67(50)38-17-28-60-47(33-38)46-30-37(16-27-59(46)73-60)34-13-22-54-45(29-34)43-20-26-58-63(66(43)72-54)49-32-36(15-24-56(49)69-58)35-14-23-55-48(31-35)62-57(68-55)25-19-42-40-8-3-6-12-53(40)71-65(42)62/h1-33H. The van der Waals surface area contributed by atoms with Gasteiger partial charge in [-0.2, -0.15) is 0 Å². The average molecular weight is 952 g/mol. The van der Waals surface area contributed by atoms with Crippen LogP contribution in [-0.2, 0) is 0 Å². The monoisotopic (exact) mass is 951 g/mol. The lowest BCUT2D eigenvalue weighted by molar-refractivity contribution is 0.662. The van der Waals surface area contributed by atoms with Crippen molar-refractivity contribution in [1.82, 2.24) is 4.57 Å². The molecule has 73 heavy (non-hydrogen) atoms. The molecule has 0 aliphatic carbocycles. The third kappa shape index (κ3) is 5.10. The zero-order valence-corrected chi connectivity index (χ0v) is 39.3. The van der Waals surface area contributed by atoms with Crippen molar-refractivity contribution in [1.29, 1.82) is 0 Å². The SMILES string of the molecule is c1ccc2c(c1)oc1c2ccc2oc3ccc(-c4ccc5oc6ccc7c8cc(-c9ccc%10sc%11ccc(-n%12c%13ccccc%13c%13c%14oc%15ccccc%15c%14ccc%13%12)cc%11c%10c9)ccc8oc7c6c5c4)cc3c21. The molecule has 18 rings (SSSR count). The first-order valence-electron chi connectivity index (χ1n) is 24.5. The summed E-state index contributed by atoms with van der Waals surface area (Å²) in [6.07, 6.45) is 0. The van der Waals surface area contributed by atoms with Gasteiger partial charge in [0, 0.05) is 74.3 Å². The number of fused-ring (bicyclic) bond motifs is 24. The molecule has 0 unspecified atom stereocenters. The summed E-state index contributed by atoms with van der Waals surface area (Å²) in [5, 5.41) is 15.3. The van der Waals surface area contributed by atoms with E-state index in [-0.39, 0.29) is 0 Å². The van der Waals surface area contributed by atoms with Gasteiger partial charge in [-0.1, -0.05) is 78.9 Å². The number of hydrogen-bond acceptors (Lipinski definition) is 6. The minimum Gasteiger partial charge on any atom is -0.456 e. The minimum absolute atomic E-state index is 0.792. The van der Waals surface area contributed by atoms with Gasteiger partial charge in [0.25, 0.3) is 0 Å². The van der Waals surface area contributed by atoms with Crippen molar-refractivity contribution in [3.8, 4) is 27.9 Å². The van der Waals surface area contributed by atoms with Crippen molar-refractivity contribution in [2.24, 2.45) is 0 Å². The Hall–Kier alpha value is -9.56. The largest absolute Gasteiger partial charge is 0.456 e. The lowest BCUT2D eigenvalue weighted by atomic mass is 9.99. The third-order valence-corrected chi connectivity index (χ3v) is 16.8. The van der Waals surface area contributed by atoms with Gasteiger partial charge in [-0.3, -0.25) is 0 Å². The molecule has 0 aliphatic rings. The summed E-state index contributed by atoms with van der Waals surface area (Å²) in [6, 6.07) is 71.2. The van der Waals surface area contributed by atoms with Gasteiger partial charge in [-0.15, -0.1) is 11.3 Å². The highest BCUT2D eigenvalue weighted by Gasteiger charge is 2.22. The molecule has 0 bridgehead atoms. The maximum Gasteiger partial charge on any atom is 0.147 e. The molecule has 6 nitrogen and oxygen atoms in total. The molecule has 0 spiro atoms. The van der Waals surface area contributed by atoms with E-state index in [4.69, 9.17) is 22.1 Å². The third-order valence-electron chi connectivity index (χ3n) is 15.6. The van der Waals surface area contributed by atoms with E-state index in [0.717, 1.165) is 154 Å². The van der Waals surface area contributed by atoms with Crippen molar-refractivity contribution >= 4 is 163 Å². The van der Waals surface area contributed by atoms with Crippen molar-refractivity contribution in [2.45, 2.75) is 0 Å². The predicted octanol–water partition coefficient (Wildman–Crippen LogP) is 20.0. The minimum atomic E-state index is 0.792. The summed E-state index contributed by atoms with van der Waals surface area (Å²) < 4.78 is 37.7. The first kappa shape index (κ1) is 38.2. The van der Waals surface area contributed by atoms with E-state index in [0.29, 0.717) is 0 Å². The number of rotatable bonds is 3. The van der Waals surface area contributed by atoms with E-state index in [1.165, 1.54) is 25.6 Å². The molecule has 11 aromatic carbocycles. The Bertz CT molecular complexity index is 5470. The number of aromatic nitrogens is 1. The van der Waals surface area contributed by atoms with Crippen LogP contribution in [-0.4, -0.2) is 4.57 Å². The second-order valence-corrected chi connectivity index (χ2v) is 20.5. The van der Waals surface area contributed by atoms with Crippen LogP contribution < -0.4 is 0 Å². The molecule has 0 saturated heterocycles. The summed E-state index contributed by atoms with van der Waals surface area (Å²) >= 11 is 1.84. The summed E-state index contributed by atoms with van der Waals surface area (Å²) in [7, 11) is 0. The Kier molecular flexibility index (Phi) is 7.14. The summed E-state index contributed by atoms with van der Waals surface area (Å²) in [5.41, 5.74) is 16.3. The van der Waals surface area contributed by atoms with Crippen LogP contribution in [0.1, 0.15) is 0 Å². The first-order valence-corrected chi connectivity index (χ1v) is 25.3. The molecule has 0 N–H and O–H groups in total. The quantitative estimate of drug-likeness (QED) is 0.176. The predicted molar refractivity (Wildman–Crippen MR) is 301 cm³/mol. The van der Waals surface area contributed by atoms with Crippen molar-refractivity contribution in [3.63, 3.8) is 0 Å². The Balaban J connectivity index is 0.755. The van der Waals surface area contributed by atoms with Gasteiger partial charge in [0.05, 0.1) is 27.2 Å². The van der Waals surface area contributed by atoms with Crippen molar-refractivity contribution in [3.05, 3.63) is 200 Å². The Labute approximate surface area is 415 Å². The molecule has 0 amide bonds. The van der Waals surface area contributed by atoms with Crippen LogP contribution in [0.2, 0.25) is 0 Å². The highest BCUT2D eigenvalue weighted by Crippen LogP contribution is 2.46. The Morgan fingerprint density at radius 3 is 1.33 bits per heavy atom. The zero-order valence-electron chi connectivity index (χ0n) is 38.4. The van der Waals surface area contributed by atoms with E-state index in [1.807, 2.05) is 29.5 Å². The van der Waals surface area contributed by atoms with Gasteiger partial charge in [-0.05, 0) is 144 Å². The van der Waals surface area contributed by atoms with Gasteiger partial charge >= 0.3 is 0 Å². The maximum atomic E-state index is 6.80. The van der Waals surface area contributed by atoms with Crippen molar-refractivity contribution in [2.75, 3.05) is 0 Å². The van der Waals surface area contributed by atoms with Crippen LogP contribution in [0.4, 0.5) is 0 Å². The average Bonchev–Trinajstić information content (AvgIpc) is 4.31. The van der Waals surface area contributed by atoms with Gasteiger partial charge < -0.3 is 26.7 Å². The second kappa shape index (κ2) is 13.6. The molecule has 18 aromatic rings. The number of para-hydroxylation sites is 3. The molecule has 7 aromatic heterocycles. The van der Waals surface area contributed by atoms with Gasteiger partial charge in [0.2, 0.25) is 0 Å². The van der Waals surface area contributed by atoms with Crippen LogP contribution in [0, 0.1) is 0 Å². The summed E-state index contributed by atoms with van der Waals surface area (Å²) in [6.45, 7) is 0. The van der Waals surface area contributed by atoms with E-state index >= 15 is 0 Å². The van der Waals surface area contributed by atoms with E-state index in [9.17, 15) is 0 Å². The molecule has 338 valence electrons.